The van der Waals surface area contributed by atoms with Crippen molar-refractivity contribution in [2.45, 2.75) is 44.7 Å². The highest BCUT2D eigenvalue weighted by molar-refractivity contribution is 5.73. The van der Waals surface area contributed by atoms with E-state index in [1.807, 2.05) is 17.7 Å². The van der Waals surface area contributed by atoms with Gasteiger partial charge in [0.05, 0.1) is 18.3 Å². The molecule has 2 aliphatic rings. The number of rotatable bonds is 4. The van der Waals surface area contributed by atoms with Crippen molar-refractivity contribution in [3.8, 4) is 0 Å². The first-order chi connectivity index (χ1) is 14.1. The zero-order valence-corrected chi connectivity index (χ0v) is 16.8. The molecule has 0 amide bonds. The van der Waals surface area contributed by atoms with Gasteiger partial charge in [-0.05, 0) is 38.8 Å². The Labute approximate surface area is 168 Å². The third-order valence-corrected chi connectivity index (χ3v) is 6.20. The lowest BCUT2D eigenvalue weighted by molar-refractivity contribution is 0.0672. The number of aromatic amines is 1. The molecule has 3 aromatic heterocycles. The zero-order valence-electron chi connectivity index (χ0n) is 16.8. The highest BCUT2D eigenvalue weighted by Crippen LogP contribution is 2.32. The lowest BCUT2D eigenvalue weighted by atomic mass is 9.93. The van der Waals surface area contributed by atoms with Gasteiger partial charge in [0.15, 0.2) is 5.65 Å². The quantitative estimate of drug-likeness (QED) is 0.731. The van der Waals surface area contributed by atoms with E-state index in [0.29, 0.717) is 22.8 Å². The van der Waals surface area contributed by atoms with Gasteiger partial charge >= 0.3 is 0 Å². The van der Waals surface area contributed by atoms with Gasteiger partial charge in [-0.15, -0.1) is 0 Å². The lowest BCUT2D eigenvalue weighted by Crippen LogP contribution is -2.47. The number of hydrogen-bond acceptors (Lipinski definition) is 6. The Morgan fingerprint density at radius 1 is 1.21 bits per heavy atom. The van der Waals surface area contributed by atoms with Crippen molar-refractivity contribution in [2.24, 2.45) is 0 Å². The van der Waals surface area contributed by atoms with Gasteiger partial charge in [-0.25, -0.2) is 9.67 Å². The molecule has 5 rings (SSSR count). The van der Waals surface area contributed by atoms with Crippen molar-refractivity contribution in [3.05, 3.63) is 52.0 Å². The first kappa shape index (κ1) is 18.4. The van der Waals surface area contributed by atoms with Gasteiger partial charge in [-0.1, -0.05) is 6.07 Å². The van der Waals surface area contributed by atoms with Crippen molar-refractivity contribution in [2.75, 3.05) is 26.3 Å². The van der Waals surface area contributed by atoms with Crippen LogP contribution in [0.4, 0.5) is 0 Å². The van der Waals surface area contributed by atoms with Crippen molar-refractivity contribution in [1.82, 2.24) is 29.6 Å². The normalized spacial score (nSPS) is 20.1. The van der Waals surface area contributed by atoms with Crippen molar-refractivity contribution in [1.29, 1.82) is 0 Å². The number of nitrogens with zero attached hydrogens (tertiary/aromatic N) is 5. The molecular weight excluding hydrogens is 368 g/mol. The summed E-state index contributed by atoms with van der Waals surface area (Å²) in [6, 6.07) is 6.45. The lowest BCUT2D eigenvalue weighted by Gasteiger charge is -2.42. The van der Waals surface area contributed by atoms with E-state index in [2.05, 4.69) is 39.0 Å². The molecule has 5 heterocycles. The smallest absolute Gasteiger partial charge is 0.262 e. The van der Waals surface area contributed by atoms with E-state index < -0.39 is 0 Å². The van der Waals surface area contributed by atoms with Crippen LogP contribution in [0.15, 0.2) is 29.2 Å². The third-order valence-electron chi connectivity index (χ3n) is 6.20. The van der Waals surface area contributed by atoms with Crippen LogP contribution in [0.1, 0.15) is 55.0 Å². The molecule has 0 aromatic carbocycles. The Kier molecular flexibility index (Phi) is 4.67. The van der Waals surface area contributed by atoms with E-state index in [4.69, 9.17) is 9.72 Å². The van der Waals surface area contributed by atoms with Crippen LogP contribution < -0.4 is 5.56 Å². The second-order valence-corrected chi connectivity index (χ2v) is 8.15. The van der Waals surface area contributed by atoms with E-state index >= 15 is 0 Å². The van der Waals surface area contributed by atoms with Crippen LogP contribution in [0.5, 0.6) is 0 Å². The predicted octanol–water partition coefficient (Wildman–Crippen LogP) is 2.33. The summed E-state index contributed by atoms with van der Waals surface area (Å²) in [6.45, 7) is 7.39. The molecule has 8 heteroatoms. The highest BCUT2D eigenvalue weighted by atomic mass is 16.5. The molecule has 2 aliphatic heterocycles. The Hall–Kier alpha value is -2.58. The molecule has 0 unspecified atom stereocenters. The van der Waals surface area contributed by atoms with Gasteiger partial charge in [0, 0.05) is 43.6 Å². The second-order valence-electron chi connectivity index (χ2n) is 8.15. The Morgan fingerprint density at radius 2 is 2.00 bits per heavy atom. The SMILES string of the molecule is Cc1cccc(C2CN([C@H](C)c3nc4c(cnn4C4CCOCC4)c(=O)[nH]3)C2)n1. The van der Waals surface area contributed by atoms with Gasteiger partial charge < -0.3 is 9.72 Å². The monoisotopic (exact) mass is 394 g/mol. The predicted molar refractivity (Wildman–Crippen MR) is 109 cm³/mol. The number of nitrogens with one attached hydrogen (secondary N) is 1. The molecule has 8 nitrogen and oxygen atoms in total. The third kappa shape index (κ3) is 3.36. The first-order valence-electron chi connectivity index (χ1n) is 10.3. The van der Waals surface area contributed by atoms with Crippen LogP contribution in [-0.2, 0) is 4.74 Å². The Morgan fingerprint density at radius 3 is 2.76 bits per heavy atom. The molecule has 0 spiro atoms. The van der Waals surface area contributed by atoms with Crippen LogP contribution in [0.25, 0.3) is 11.0 Å². The molecular formula is C21H26N6O2. The van der Waals surface area contributed by atoms with Gasteiger partial charge in [-0.2, -0.15) is 5.10 Å². The molecule has 1 atom stereocenters. The molecule has 29 heavy (non-hydrogen) atoms. The van der Waals surface area contributed by atoms with Crippen molar-refractivity contribution < 1.29 is 4.74 Å². The maximum Gasteiger partial charge on any atom is 0.262 e. The molecule has 1 N–H and O–H groups in total. The van der Waals surface area contributed by atoms with Gasteiger partial charge in [0.1, 0.15) is 11.2 Å². The molecule has 2 saturated heterocycles. The minimum absolute atomic E-state index is 0.0335. The molecule has 0 radical (unpaired) electrons. The number of likely N-dealkylation sites (tertiary alicyclic amines) is 1. The highest BCUT2D eigenvalue weighted by Gasteiger charge is 2.34. The van der Waals surface area contributed by atoms with E-state index in [1.165, 1.54) is 0 Å². The summed E-state index contributed by atoms with van der Waals surface area (Å²) in [7, 11) is 0. The molecule has 0 aliphatic carbocycles. The van der Waals surface area contributed by atoms with Crippen molar-refractivity contribution >= 4 is 11.0 Å². The Bertz CT molecular complexity index is 1080. The van der Waals surface area contributed by atoms with E-state index in [0.717, 1.165) is 50.5 Å². The fraction of sp³-hybridized carbons (Fsp3) is 0.524. The van der Waals surface area contributed by atoms with E-state index in [-0.39, 0.29) is 17.6 Å². The fourth-order valence-corrected chi connectivity index (χ4v) is 4.33. The number of pyridine rings is 1. The van der Waals surface area contributed by atoms with E-state index in [9.17, 15) is 4.79 Å². The maximum atomic E-state index is 12.7. The average Bonchev–Trinajstić information content (AvgIpc) is 3.12. The maximum absolute atomic E-state index is 12.7. The standard InChI is InChI=1S/C21H26N6O2/c1-13-4-3-5-18(23-13)15-11-26(12-15)14(2)19-24-20-17(21(28)25-19)10-22-27(20)16-6-8-29-9-7-16/h3-5,10,14-16H,6-9,11-12H2,1-2H3,(H,24,25,28)/t14-/m1/s1. The van der Waals surface area contributed by atoms with E-state index in [1.54, 1.807) is 6.20 Å². The van der Waals surface area contributed by atoms with Gasteiger partial charge in [-0.3, -0.25) is 14.7 Å². The number of hydrogen-bond donors (Lipinski definition) is 1. The molecule has 2 fully saturated rings. The minimum Gasteiger partial charge on any atom is -0.381 e. The first-order valence-corrected chi connectivity index (χ1v) is 10.3. The van der Waals surface area contributed by atoms with Crippen LogP contribution in [0.2, 0.25) is 0 Å². The molecule has 3 aromatic rings. The minimum atomic E-state index is -0.118. The van der Waals surface area contributed by atoms with Crippen LogP contribution >= 0.6 is 0 Å². The van der Waals surface area contributed by atoms with Crippen molar-refractivity contribution in [3.63, 3.8) is 0 Å². The zero-order chi connectivity index (χ0) is 20.0. The molecule has 0 saturated carbocycles. The number of H-pyrrole nitrogens is 1. The summed E-state index contributed by atoms with van der Waals surface area (Å²) < 4.78 is 7.38. The summed E-state index contributed by atoms with van der Waals surface area (Å²) >= 11 is 0. The molecule has 152 valence electrons. The van der Waals surface area contributed by atoms with Gasteiger partial charge in [0.25, 0.3) is 5.56 Å². The summed E-state index contributed by atoms with van der Waals surface area (Å²) in [5.74, 6) is 1.13. The fourth-order valence-electron chi connectivity index (χ4n) is 4.33. The summed E-state index contributed by atoms with van der Waals surface area (Å²) in [6.07, 6.45) is 3.43. The van der Waals surface area contributed by atoms with Gasteiger partial charge in [0.2, 0.25) is 0 Å². The van der Waals surface area contributed by atoms with Crippen LogP contribution in [0.3, 0.4) is 0 Å². The second kappa shape index (κ2) is 7.35. The number of ether oxygens (including phenoxy) is 1. The number of fused-ring (bicyclic) bond motifs is 1. The van der Waals surface area contributed by atoms with Crippen LogP contribution in [0, 0.1) is 6.92 Å². The largest absolute Gasteiger partial charge is 0.381 e. The van der Waals surface area contributed by atoms with Crippen LogP contribution in [-0.4, -0.2) is 55.9 Å². The summed E-state index contributed by atoms with van der Waals surface area (Å²) in [5.41, 5.74) is 2.75. The topological polar surface area (TPSA) is 88.9 Å². The summed E-state index contributed by atoms with van der Waals surface area (Å²) in [4.78, 5) is 27.4. The molecule has 0 bridgehead atoms. The Balaban J connectivity index is 1.38. The number of aryl methyl sites for hydroxylation is 1. The summed E-state index contributed by atoms with van der Waals surface area (Å²) in [5, 5.41) is 5.03. The number of aromatic nitrogens is 5. The average molecular weight is 394 g/mol.